The minimum Gasteiger partial charge on any atom is -0.325 e. The third-order valence-electron chi connectivity index (χ3n) is 6.47. The number of para-hydroxylation sites is 1. The van der Waals surface area contributed by atoms with Crippen LogP contribution in [0.3, 0.4) is 0 Å². The Kier molecular flexibility index (Phi) is 4.35. The topological polar surface area (TPSA) is 20.8 Å². The quantitative estimate of drug-likeness (QED) is 0.371. The zero-order valence-electron chi connectivity index (χ0n) is 18.2. The number of pyridine rings is 1. The van der Waals surface area contributed by atoms with E-state index >= 15 is 0 Å². The average Bonchev–Trinajstić information content (AvgIpc) is 3.17. The van der Waals surface area contributed by atoms with E-state index in [4.69, 9.17) is 0 Å². The van der Waals surface area contributed by atoms with Crippen LogP contribution >= 0.6 is 0 Å². The van der Waals surface area contributed by atoms with Crippen molar-refractivity contribution in [3.8, 4) is 0 Å². The normalized spacial score (nSPS) is 15.6. The molecule has 0 saturated heterocycles. The molecule has 1 aliphatic rings. The number of aromatic nitrogens is 2. The SMILES string of the molecule is CCCn1c2ccc(C=CC3=[N+](C)c4ccccc4C3(C)C)cc2c2cccnc21. The molecule has 4 aromatic rings. The predicted molar refractivity (Wildman–Crippen MR) is 127 cm³/mol. The molecule has 2 aromatic heterocycles. The van der Waals surface area contributed by atoms with Crippen LogP contribution in [0.5, 0.6) is 0 Å². The fourth-order valence-electron chi connectivity index (χ4n) is 4.97. The van der Waals surface area contributed by atoms with E-state index in [2.05, 4.69) is 103 Å². The van der Waals surface area contributed by atoms with Crippen molar-refractivity contribution in [2.75, 3.05) is 7.05 Å². The number of hydrogen-bond acceptors (Lipinski definition) is 1. The first-order valence-electron chi connectivity index (χ1n) is 10.8. The Bertz CT molecular complexity index is 1330. The van der Waals surface area contributed by atoms with Gasteiger partial charge in [-0.1, -0.05) is 31.2 Å². The molecule has 3 heteroatoms. The van der Waals surface area contributed by atoms with Crippen molar-refractivity contribution >= 4 is 39.4 Å². The summed E-state index contributed by atoms with van der Waals surface area (Å²) in [6.07, 6.45) is 7.51. The summed E-state index contributed by atoms with van der Waals surface area (Å²) in [7, 11) is 2.17. The van der Waals surface area contributed by atoms with Crippen molar-refractivity contribution in [3.63, 3.8) is 0 Å². The Labute approximate surface area is 178 Å². The van der Waals surface area contributed by atoms with Crippen LogP contribution in [0, 0.1) is 0 Å². The van der Waals surface area contributed by atoms with Gasteiger partial charge in [-0.15, -0.1) is 0 Å². The second-order valence-electron chi connectivity index (χ2n) is 8.72. The molecule has 0 atom stereocenters. The molecule has 5 rings (SSSR count). The van der Waals surface area contributed by atoms with Gasteiger partial charge < -0.3 is 4.57 Å². The Balaban J connectivity index is 1.59. The molecule has 0 unspecified atom stereocenters. The third-order valence-corrected chi connectivity index (χ3v) is 6.47. The maximum absolute atomic E-state index is 4.66. The van der Waals surface area contributed by atoms with Gasteiger partial charge in [0.2, 0.25) is 5.69 Å². The lowest BCUT2D eigenvalue weighted by Gasteiger charge is -2.15. The van der Waals surface area contributed by atoms with E-state index in [9.17, 15) is 0 Å². The van der Waals surface area contributed by atoms with Gasteiger partial charge >= 0.3 is 0 Å². The van der Waals surface area contributed by atoms with Crippen LogP contribution in [0.1, 0.15) is 38.3 Å². The van der Waals surface area contributed by atoms with Gasteiger partial charge in [0.15, 0.2) is 5.71 Å². The molecular formula is C27H28N3+. The first-order chi connectivity index (χ1) is 14.5. The number of rotatable bonds is 4. The summed E-state index contributed by atoms with van der Waals surface area (Å²) < 4.78 is 4.67. The van der Waals surface area contributed by atoms with Gasteiger partial charge in [-0.05, 0) is 56.2 Å². The van der Waals surface area contributed by atoms with Crippen molar-refractivity contribution in [2.45, 2.75) is 39.2 Å². The van der Waals surface area contributed by atoms with Crippen LogP contribution in [0.25, 0.3) is 28.0 Å². The fourth-order valence-corrected chi connectivity index (χ4v) is 4.97. The van der Waals surface area contributed by atoms with E-state index in [0.29, 0.717) is 0 Å². The summed E-state index contributed by atoms with van der Waals surface area (Å²) in [6, 6.07) is 19.7. The van der Waals surface area contributed by atoms with Crippen LogP contribution in [0.4, 0.5) is 5.69 Å². The number of allylic oxidation sites excluding steroid dienone is 1. The standard InChI is InChI=1S/C27H28N3/c1-5-17-30-23-14-12-19(18-21(23)20-9-8-16-28-26(20)30)13-15-25-27(2,3)22-10-6-7-11-24(22)29(25)4/h6-16,18H,5,17H2,1-4H3/q+1. The Morgan fingerprint density at radius 2 is 1.83 bits per heavy atom. The highest BCUT2D eigenvalue weighted by atomic mass is 15.0. The number of benzene rings is 2. The molecule has 0 aliphatic carbocycles. The molecule has 0 N–H and O–H groups in total. The highest BCUT2D eigenvalue weighted by Gasteiger charge is 2.42. The summed E-state index contributed by atoms with van der Waals surface area (Å²) in [6.45, 7) is 7.82. The molecule has 2 aromatic carbocycles. The fraction of sp³-hybridized carbons (Fsp3) is 0.259. The van der Waals surface area contributed by atoms with E-state index in [-0.39, 0.29) is 5.41 Å². The van der Waals surface area contributed by atoms with Gasteiger partial charge in [0, 0.05) is 41.2 Å². The molecule has 30 heavy (non-hydrogen) atoms. The Hall–Kier alpha value is -3.20. The van der Waals surface area contributed by atoms with E-state index in [1.165, 1.54) is 38.8 Å². The zero-order valence-corrected chi connectivity index (χ0v) is 18.2. The van der Waals surface area contributed by atoms with Gasteiger partial charge in [-0.2, -0.15) is 4.58 Å². The Morgan fingerprint density at radius 1 is 1.00 bits per heavy atom. The smallest absolute Gasteiger partial charge is 0.209 e. The van der Waals surface area contributed by atoms with Crippen molar-refractivity contribution in [1.29, 1.82) is 0 Å². The van der Waals surface area contributed by atoms with Crippen molar-refractivity contribution in [1.82, 2.24) is 9.55 Å². The summed E-state index contributed by atoms with van der Waals surface area (Å²) >= 11 is 0. The number of hydrogen-bond donors (Lipinski definition) is 0. The average molecular weight is 395 g/mol. The monoisotopic (exact) mass is 394 g/mol. The highest BCUT2D eigenvalue weighted by molar-refractivity contribution is 6.08. The Morgan fingerprint density at radius 3 is 2.63 bits per heavy atom. The van der Waals surface area contributed by atoms with Crippen molar-refractivity contribution in [2.24, 2.45) is 0 Å². The predicted octanol–water partition coefficient (Wildman–Crippen LogP) is 6.32. The van der Waals surface area contributed by atoms with Crippen LogP contribution in [-0.4, -0.2) is 26.9 Å². The number of aryl methyl sites for hydroxylation is 1. The van der Waals surface area contributed by atoms with E-state index in [0.717, 1.165) is 18.6 Å². The minimum absolute atomic E-state index is 0.00693. The van der Waals surface area contributed by atoms with Crippen LogP contribution in [0.15, 0.2) is 66.9 Å². The molecule has 1 aliphatic heterocycles. The molecule has 150 valence electrons. The molecule has 3 nitrogen and oxygen atoms in total. The van der Waals surface area contributed by atoms with Crippen molar-refractivity contribution < 1.29 is 4.58 Å². The highest BCUT2D eigenvalue weighted by Crippen LogP contribution is 2.39. The van der Waals surface area contributed by atoms with E-state index in [1.54, 1.807) is 0 Å². The summed E-state index contributed by atoms with van der Waals surface area (Å²) in [5.74, 6) is 0. The molecule has 0 fully saturated rings. The van der Waals surface area contributed by atoms with Gasteiger partial charge in [0.05, 0.1) is 10.9 Å². The van der Waals surface area contributed by atoms with Crippen LogP contribution in [-0.2, 0) is 12.0 Å². The molecular weight excluding hydrogens is 366 g/mol. The number of fused-ring (bicyclic) bond motifs is 4. The first kappa shape index (κ1) is 18.8. The first-order valence-corrected chi connectivity index (χ1v) is 10.8. The molecule has 0 bridgehead atoms. The van der Waals surface area contributed by atoms with Gasteiger partial charge in [0.1, 0.15) is 12.7 Å². The van der Waals surface area contributed by atoms with Crippen LogP contribution in [0.2, 0.25) is 0 Å². The van der Waals surface area contributed by atoms with Crippen molar-refractivity contribution in [3.05, 3.63) is 78.0 Å². The molecule has 0 spiro atoms. The lowest BCUT2D eigenvalue weighted by atomic mass is 9.81. The summed E-state index contributed by atoms with van der Waals surface area (Å²) in [5, 5.41) is 2.51. The summed E-state index contributed by atoms with van der Waals surface area (Å²) in [4.78, 5) is 4.66. The number of nitrogens with zero attached hydrogens (tertiary/aromatic N) is 3. The lowest BCUT2D eigenvalue weighted by Crippen LogP contribution is -2.26. The minimum atomic E-state index is -0.00693. The molecule has 0 radical (unpaired) electrons. The van der Waals surface area contributed by atoms with Crippen LogP contribution < -0.4 is 0 Å². The van der Waals surface area contributed by atoms with E-state index < -0.39 is 0 Å². The van der Waals surface area contributed by atoms with E-state index in [1.807, 2.05) is 12.3 Å². The molecule has 0 amide bonds. The zero-order chi connectivity index (χ0) is 20.9. The van der Waals surface area contributed by atoms with Gasteiger partial charge in [-0.3, -0.25) is 0 Å². The second-order valence-corrected chi connectivity index (χ2v) is 8.72. The third kappa shape index (κ3) is 2.72. The maximum atomic E-state index is 4.66. The van der Waals surface area contributed by atoms with Gasteiger partial charge in [0.25, 0.3) is 0 Å². The molecule has 3 heterocycles. The maximum Gasteiger partial charge on any atom is 0.209 e. The molecule has 0 saturated carbocycles. The van der Waals surface area contributed by atoms with Gasteiger partial charge in [-0.25, -0.2) is 4.98 Å². The largest absolute Gasteiger partial charge is 0.325 e. The second kappa shape index (κ2) is 6.94. The lowest BCUT2D eigenvalue weighted by molar-refractivity contribution is -0.401. The summed E-state index contributed by atoms with van der Waals surface area (Å²) in [5.41, 5.74) is 7.56.